The average molecular weight is 255 g/mol. The minimum absolute atomic E-state index is 0.638. The third-order valence-corrected chi connectivity index (χ3v) is 3.52. The topological polar surface area (TPSA) is 38.9 Å². The number of hydrogen-bond acceptors (Lipinski definition) is 2. The van der Waals surface area contributed by atoms with Gasteiger partial charge in [-0.15, -0.1) is 0 Å². The molecule has 2 rings (SSSR count). The number of nitrogens with zero attached hydrogens (tertiary/aromatic N) is 1. The van der Waals surface area contributed by atoms with Crippen LogP contribution in [0.2, 0.25) is 0 Å². The maximum Gasteiger partial charge on any atom is 0.0577 e. The van der Waals surface area contributed by atoms with E-state index in [1.165, 1.54) is 37.8 Å². The summed E-state index contributed by atoms with van der Waals surface area (Å²) in [6.07, 6.45) is 8.36. The first-order valence-electron chi connectivity index (χ1n) is 5.18. The van der Waals surface area contributed by atoms with Crippen molar-refractivity contribution in [1.29, 1.82) is 0 Å². The van der Waals surface area contributed by atoms with Crippen molar-refractivity contribution < 1.29 is 0 Å². The van der Waals surface area contributed by atoms with Crippen LogP contribution in [0.1, 0.15) is 43.7 Å². The first-order valence-corrected chi connectivity index (χ1v) is 5.97. The van der Waals surface area contributed by atoms with Crippen LogP contribution in [0.5, 0.6) is 0 Å². The number of nitrogens with two attached hydrogens (primary N) is 1. The molecule has 0 amide bonds. The normalized spacial score (nSPS) is 18.4. The van der Waals surface area contributed by atoms with Gasteiger partial charge in [0, 0.05) is 10.4 Å². The quantitative estimate of drug-likeness (QED) is 0.834. The lowest BCUT2D eigenvalue weighted by Gasteiger charge is -2.21. The molecule has 1 aliphatic rings. The SMILES string of the molecule is Nc1cnc(C2CCCCC2)c(Br)c1. The third-order valence-electron chi connectivity index (χ3n) is 2.88. The van der Waals surface area contributed by atoms with Crippen LogP contribution in [0.3, 0.4) is 0 Å². The monoisotopic (exact) mass is 254 g/mol. The predicted octanol–water partition coefficient (Wildman–Crippen LogP) is 3.47. The van der Waals surface area contributed by atoms with E-state index in [1.807, 2.05) is 6.07 Å². The largest absolute Gasteiger partial charge is 0.397 e. The minimum Gasteiger partial charge on any atom is -0.397 e. The summed E-state index contributed by atoms with van der Waals surface area (Å²) in [5.41, 5.74) is 7.59. The molecule has 1 saturated carbocycles. The van der Waals surface area contributed by atoms with E-state index in [1.54, 1.807) is 6.20 Å². The standard InChI is InChI=1S/C11H15BrN2/c12-10-6-9(13)7-14-11(10)8-4-2-1-3-5-8/h6-8H,1-5,13H2. The van der Waals surface area contributed by atoms with E-state index in [9.17, 15) is 0 Å². The molecule has 0 unspecified atom stereocenters. The number of anilines is 1. The summed E-state index contributed by atoms with van der Waals surface area (Å²) < 4.78 is 1.07. The van der Waals surface area contributed by atoms with E-state index < -0.39 is 0 Å². The molecule has 0 atom stereocenters. The van der Waals surface area contributed by atoms with Crippen LogP contribution < -0.4 is 5.73 Å². The van der Waals surface area contributed by atoms with Gasteiger partial charge in [0.2, 0.25) is 0 Å². The first kappa shape index (κ1) is 9.97. The van der Waals surface area contributed by atoms with Gasteiger partial charge in [0.25, 0.3) is 0 Å². The Balaban J connectivity index is 2.22. The highest BCUT2D eigenvalue weighted by molar-refractivity contribution is 9.10. The molecule has 0 aliphatic heterocycles. The Morgan fingerprint density at radius 3 is 2.64 bits per heavy atom. The zero-order valence-corrected chi connectivity index (χ0v) is 9.76. The van der Waals surface area contributed by atoms with Crippen LogP contribution in [0.15, 0.2) is 16.7 Å². The number of aromatic nitrogens is 1. The summed E-state index contributed by atoms with van der Waals surface area (Å²) in [5, 5.41) is 0. The van der Waals surface area contributed by atoms with Gasteiger partial charge in [0.1, 0.15) is 0 Å². The number of halogens is 1. The van der Waals surface area contributed by atoms with Crippen molar-refractivity contribution >= 4 is 21.6 Å². The Bertz CT molecular complexity index is 319. The second-order valence-electron chi connectivity index (χ2n) is 3.97. The zero-order chi connectivity index (χ0) is 9.97. The van der Waals surface area contributed by atoms with Gasteiger partial charge in [-0.1, -0.05) is 19.3 Å². The Kier molecular flexibility index (Phi) is 3.06. The Morgan fingerprint density at radius 2 is 2.00 bits per heavy atom. The number of pyridine rings is 1. The molecule has 76 valence electrons. The van der Waals surface area contributed by atoms with Crippen molar-refractivity contribution in [2.24, 2.45) is 0 Å². The summed E-state index contributed by atoms with van der Waals surface area (Å²) in [6, 6.07) is 1.96. The lowest BCUT2D eigenvalue weighted by molar-refractivity contribution is 0.435. The molecule has 1 heterocycles. The molecule has 0 saturated heterocycles. The van der Waals surface area contributed by atoms with Crippen molar-refractivity contribution in [1.82, 2.24) is 4.98 Å². The fourth-order valence-electron chi connectivity index (χ4n) is 2.14. The Labute approximate surface area is 93.0 Å². The molecule has 0 bridgehead atoms. The molecule has 1 aliphatic carbocycles. The maximum absolute atomic E-state index is 5.66. The summed E-state index contributed by atoms with van der Waals surface area (Å²) in [6.45, 7) is 0. The van der Waals surface area contributed by atoms with Gasteiger partial charge in [0.05, 0.1) is 17.6 Å². The van der Waals surface area contributed by atoms with Crippen molar-refractivity contribution in [3.63, 3.8) is 0 Å². The molecule has 0 spiro atoms. The van der Waals surface area contributed by atoms with Gasteiger partial charge in [-0.3, -0.25) is 4.98 Å². The van der Waals surface area contributed by atoms with Gasteiger partial charge in [-0.05, 0) is 34.8 Å². The minimum atomic E-state index is 0.638. The second kappa shape index (κ2) is 4.30. The summed E-state index contributed by atoms with van der Waals surface area (Å²) >= 11 is 3.54. The van der Waals surface area contributed by atoms with Crippen LogP contribution in [0.25, 0.3) is 0 Å². The highest BCUT2D eigenvalue weighted by Gasteiger charge is 2.18. The summed E-state index contributed by atoms with van der Waals surface area (Å²) in [5.74, 6) is 0.638. The molecule has 0 radical (unpaired) electrons. The van der Waals surface area contributed by atoms with Crippen LogP contribution in [0.4, 0.5) is 5.69 Å². The van der Waals surface area contributed by atoms with Crippen LogP contribution in [-0.4, -0.2) is 4.98 Å². The van der Waals surface area contributed by atoms with Gasteiger partial charge in [-0.2, -0.15) is 0 Å². The summed E-state index contributed by atoms with van der Waals surface area (Å²) in [4.78, 5) is 4.43. The molecule has 2 nitrogen and oxygen atoms in total. The summed E-state index contributed by atoms with van der Waals surface area (Å²) in [7, 11) is 0. The third kappa shape index (κ3) is 2.08. The van der Waals surface area contributed by atoms with Crippen molar-refractivity contribution in [3.8, 4) is 0 Å². The van der Waals surface area contributed by atoms with Crippen molar-refractivity contribution in [2.75, 3.05) is 5.73 Å². The molecule has 1 fully saturated rings. The van der Waals surface area contributed by atoms with E-state index >= 15 is 0 Å². The molecular weight excluding hydrogens is 240 g/mol. The van der Waals surface area contributed by atoms with Crippen molar-refractivity contribution in [2.45, 2.75) is 38.0 Å². The maximum atomic E-state index is 5.66. The van der Waals surface area contributed by atoms with Crippen LogP contribution in [0, 0.1) is 0 Å². The van der Waals surface area contributed by atoms with Crippen molar-refractivity contribution in [3.05, 3.63) is 22.4 Å². The molecule has 3 heteroatoms. The van der Waals surface area contributed by atoms with Gasteiger partial charge < -0.3 is 5.73 Å². The lowest BCUT2D eigenvalue weighted by Crippen LogP contribution is -2.07. The van der Waals surface area contributed by atoms with Crippen LogP contribution in [-0.2, 0) is 0 Å². The Hall–Kier alpha value is -0.570. The van der Waals surface area contributed by atoms with Crippen LogP contribution >= 0.6 is 15.9 Å². The molecule has 14 heavy (non-hydrogen) atoms. The number of rotatable bonds is 1. The van der Waals surface area contributed by atoms with E-state index in [0.717, 1.165) is 10.2 Å². The highest BCUT2D eigenvalue weighted by Crippen LogP contribution is 2.35. The van der Waals surface area contributed by atoms with Gasteiger partial charge in [0.15, 0.2) is 0 Å². The number of nitrogen functional groups attached to an aromatic ring is 1. The average Bonchev–Trinajstić information content (AvgIpc) is 2.19. The molecule has 1 aromatic heterocycles. The van der Waals surface area contributed by atoms with E-state index in [-0.39, 0.29) is 0 Å². The molecule has 2 N–H and O–H groups in total. The highest BCUT2D eigenvalue weighted by atomic mass is 79.9. The smallest absolute Gasteiger partial charge is 0.0577 e. The van der Waals surface area contributed by atoms with Gasteiger partial charge in [-0.25, -0.2) is 0 Å². The first-order chi connectivity index (χ1) is 6.77. The van der Waals surface area contributed by atoms with E-state index in [4.69, 9.17) is 5.73 Å². The van der Waals surface area contributed by atoms with E-state index in [0.29, 0.717) is 5.92 Å². The van der Waals surface area contributed by atoms with E-state index in [2.05, 4.69) is 20.9 Å². The lowest BCUT2D eigenvalue weighted by atomic mass is 9.87. The Morgan fingerprint density at radius 1 is 1.29 bits per heavy atom. The second-order valence-corrected chi connectivity index (χ2v) is 4.82. The van der Waals surface area contributed by atoms with Gasteiger partial charge >= 0.3 is 0 Å². The fourth-order valence-corrected chi connectivity index (χ4v) is 2.83. The molecule has 1 aromatic rings. The molecule has 0 aromatic carbocycles. The predicted molar refractivity (Wildman–Crippen MR) is 62.2 cm³/mol. The zero-order valence-electron chi connectivity index (χ0n) is 8.17. The number of hydrogen-bond donors (Lipinski definition) is 1. The molecular formula is C11H15BrN2. The fraction of sp³-hybridized carbons (Fsp3) is 0.545.